The lowest BCUT2D eigenvalue weighted by Crippen LogP contribution is -2.32. The average molecular weight is 445 g/mol. The maximum atomic E-state index is 13.4. The minimum atomic E-state index is -0.428. The molecule has 4 rings (SSSR count). The highest BCUT2D eigenvalue weighted by Crippen LogP contribution is 2.32. The van der Waals surface area contributed by atoms with E-state index in [1.54, 1.807) is 24.3 Å². The molecule has 2 amide bonds. The van der Waals surface area contributed by atoms with E-state index >= 15 is 0 Å². The van der Waals surface area contributed by atoms with Gasteiger partial charge in [-0.1, -0.05) is 42.0 Å². The number of hydrogen-bond donors (Lipinski definition) is 1. The fourth-order valence-electron chi connectivity index (χ4n) is 3.63. The lowest BCUT2D eigenvalue weighted by atomic mass is 10.0. The van der Waals surface area contributed by atoms with Crippen molar-refractivity contribution in [3.8, 4) is 5.75 Å². The van der Waals surface area contributed by atoms with Crippen LogP contribution in [0.4, 0.5) is 10.1 Å². The Balaban J connectivity index is 1.67. The second-order valence-corrected chi connectivity index (χ2v) is 8.25. The summed E-state index contributed by atoms with van der Waals surface area (Å²) >= 11 is 0. The summed E-state index contributed by atoms with van der Waals surface area (Å²) in [5.41, 5.74) is 3.55. The third-order valence-electron chi connectivity index (χ3n) is 5.26. The third-order valence-corrected chi connectivity index (χ3v) is 5.26. The Bertz CT molecular complexity index is 1200. The van der Waals surface area contributed by atoms with E-state index in [0.717, 1.165) is 11.3 Å². The zero-order chi connectivity index (χ0) is 23.5. The molecule has 168 valence electrons. The first-order valence-corrected chi connectivity index (χ1v) is 10.8. The van der Waals surface area contributed by atoms with E-state index in [1.807, 2.05) is 57.2 Å². The van der Waals surface area contributed by atoms with Crippen LogP contribution in [0.2, 0.25) is 0 Å². The van der Waals surface area contributed by atoms with Gasteiger partial charge in [-0.2, -0.15) is 0 Å². The Morgan fingerprint density at radius 1 is 0.879 bits per heavy atom. The lowest BCUT2D eigenvalue weighted by molar-refractivity contribution is -0.137. The molecule has 0 spiro atoms. The predicted molar refractivity (Wildman–Crippen MR) is 126 cm³/mol. The average Bonchev–Trinajstić information content (AvgIpc) is 3.01. The van der Waals surface area contributed by atoms with Crippen molar-refractivity contribution in [1.82, 2.24) is 4.90 Å². The highest BCUT2D eigenvalue weighted by molar-refractivity contribution is 6.36. The predicted octanol–water partition coefficient (Wildman–Crippen LogP) is 5.31. The molecule has 5 nitrogen and oxygen atoms in total. The molecule has 0 bridgehead atoms. The number of amides is 2. The van der Waals surface area contributed by atoms with E-state index in [0.29, 0.717) is 22.4 Å². The molecule has 3 aromatic rings. The molecule has 3 aromatic carbocycles. The molecule has 0 unspecified atom stereocenters. The van der Waals surface area contributed by atoms with Crippen molar-refractivity contribution < 1.29 is 18.7 Å². The van der Waals surface area contributed by atoms with Gasteiger partial charge < -0.3 is 10.1 Å². The van der Waals surface area contributed by atoms with E-state index in [9.17, 15) is 14.0 Å². The minimum absolute atomic E-state index is 0.0497. The number of hydrogen-bond acceptors (Lipinski definition) is 4. The van der Waals surface area contributed by atoms with Crippen molar-refractivity contribution in [3.63, 3.8) is 0 Å². The van der Waals surface area contributed by atoms with E-state index in [-0.39, 0.29) is 24.2 Å². The number of ether oxygens (including phenoxy) is 1. The molecule has 0 fully saturated rings. The normalized spacial score (nSPS) is 13.8. The standard InChI is InChI=1S/C27H25FN2O3/c1-17(2)33-23-14-12-22(13-15-23)29-25-24(20-8-4-18(3)5-9-20)26(31)30(27(25)32)16-19-6-10-21(28)11-7-19/h4-15,17,29H,16H2,1-3H3. The highest BCUT2D eigenvalue weighted by atomic mass is 19.1. The third kappa shape index (κ3) is 4.95. The van der Waals surface area contributed by atoms with Gasteiger partial charge in [0.2, 0.25) is 0 Å². The Labute approximate surface area is 192 Å². The van der Waals surface area contributed by atoms with Crippen LogP contribution in [0.5, 0.6) is 5.75 Å². The van der Waals surface area contributed by atoms with E-state index in [1.165, 1.54) is 17.0 Å². The van der Waals surface area contributed by atoms with Crippen LogP contribution in [0.3, 0.4) is 0 Å². The number of nitrogens with zero attached hydrogens (tertiary/aromatic N) is 1. The van der Waals surface area contributed by atoms with Crippen LogP contribution in [0.15, 0.2) is 78.5 Å². The zero-order valence-corrected chi connectivity index (χ0v) is 18.8. The number of carbonyl (C=O) groups is 2. The minimum Gasteiger partial charge on any atom is -0.491 e. The van der Waals surface area contributed by atoms with Gasteiger partial charge in [0, 0.05) is 5.69 Å². The van der Waals surface area contributed by atoms with Gasteiger partial charge in [-0.3, -0.25) is 14.5 Å². The summed E-state index contributed by atoms with van der Waals surface area (Å²) in [4.78, 5) is 27.9. The first-order chi connectivity index (χ1) is 15.8. The van der Waals surface area contributed by atoms with Crippen molar-refractivity contribution >= 4 is 23.1 Å². The van der Waals surface area contributed by atoms with Gasteiger partial charge in [-0.15, -0.1) is 0 Å². The van der Waals surface area contributed by atoms with Crippen LogP contribution >= 0.6 is 0 Å². The molecule has 1 N–H and O–H groups in total. The summed E-state index contributed by atoms with van der Waals surface area (Å²) in [6.45, 7) is 5.91. The summed E-state index contributed by atoms with van der Waals surface area (Å²) in [6.07, 6.45) is 0.0497. The van der Waals surface area contributed by atoms with Crippen molar-refractivity contribution in [2.24, 2.45) is 0 Å². The van der Waals surface area contributed by atoms with Crippen LogP contribution in [0.1, 0.15) is 30.5 Å². The lowest BCUT2D eigenvalue weighted by Gasteiger charge is -2.15. The Hall–Kier alpha value is -3.93. The second-order valence-electron chi connectivity index (χ2n) is 8.25. The summed E-state index contributed by atoms with van der Waals surface area (Å²) in [5.74, 6) is -0.476. The van der Waals surface area contributed by atoms with E-state index < -0.39 is 11.8 Å². The van der Waals surface area contributed by atoms with Crippen molar-refractivity contribution in [1.29, 1.82) is 0 Å². The fourth-order valence-corrected chi connectivity index (χ4v) is 3.63. The van der Waals surface area contributed by atoms with Crippen molar-refractivity contribution in [2.75, 3.05) is 5.32 Å². The smallest absolute Gasteiger partial charge is 0.278 e. The molecule has 0 aliphatic carbocycles. The number of nitrogens with one attached hydrogen (secondary N) is 1. The second kappa shape index (κ2) is 9.28. The van der Waals surface area contributed by atoms with E-state index in [4.69, 9.17) is 4.74 Å². The summed E-state index contributed by atoms with van der Waals surface area (Å²) in [6, 6.07) is 20.5. The zero-order valence-electron chi connectivity index (χ0n) is 18.8. The molecule has 0 aromatic heterocycles. The summed E-state index contributed by atoms with van der Waals surface area (Å²) in [7, 11) is 0. The van der Waals surface area contributed by atoms with Crippen molar-refractivity contribution in [2.45, 2.75) is 33.4 Å². The SMILES string of the molecule is Cc1ccc(C2=C(Nc3ccc(OC(C)C)cc3)C(=O)N(Cc3ccc(F)cc3)C2=O)cc1. The maximum Gasteiger partial charge on any atom is 0.278 e. The molecule has 1 heterocycles. The van der Waals surface area contributed by atoms with E-state index in [2.05, 4.69) is 5.32 Å². The van der Waals surface area contributed by atoms with Crippen LogP contribution in [-0.4, -0.2) is 22.8 Å². The van der Waals surface area contributed by atoms with Crippen LogP contribution in [0, 0.1) is 12.7 Å². The molecule has 0 saturated heterocycles. The van der Waals surface area contributed by atoms with Gasteiger partial charge in [0.05, 0.1) is 18.2 Å². The highest BCUT2D eigenvalue weighted by Gasteiger charge is 2.39. The molecule has 0 saturated carbocycles. The molecule has 33 heavy (non-hydrogen) atoms. The number of carbonyl (C=O) groups excluding carboxylic acids is 2. The monoisotopic (exact) mass is 444 g/mol. The van der Waals surface area contributed by atoms with Gasteiger partial charge in [0.1, 0.15) is 17.3 Å². The first-order valence-electron chi connectivity index (χ1n) is 10.8. The number of benzene rings is 3. The van der Waals surface area contributed by atoms with Gasteiger partial charge in [-0.25, -0.2) is 4.39 Å². The Morgan fingerprint density at radius 3 is 2.12 bits per heavy atom. The van der Waals surface area contributed by atoms with Gasteiger partial charge in [-0.05, 0) is 68.3 Å². The van der Waals surface area contributed by atoms with Crippen molar-refractivity contribution in [3.05, 3.63) is 101 Å². The van der Waals surface area contributed by atoms with Crippen LogP contribution in [0.25, 0.3) is 5.57 Å². The van der Waals surface area contributed by atoms with Gasteiger partial charge in [0.15, 0.2) is 0 Å². The first kappa shape index (κ1) is 22.3. The topological polar surface area (TPSA) is 58.6 Å². The van der Waals surface area contributed by atoms with Gasteiger partial charge in [0.25, 0.3) is 11.8 Å². The molecular weight excluding hydrogens is 419 g/mol. The number of aryl methyl sites for hydroxylation is 1. The molecule has 0 atom stereocenters. The van der Waals surface area contributed by atoms with Crippen LogP contribution < -0.4 is 10.1 Å². The summed E-state index contributed by atoms with van der Waals surface area (Å²) in [5, 5.41) is 3.14. The quantitative estimate of drug-likeness (QED) is 0.502. The Kier molecular flexibility index (Phi) is 6.27. The molecule has 1 aliphatic rings. The molecule has 1 aliphatic heterocycles. The van der Waals surface area contributed by atoms with Gasteiger partial charge >= 0.3 is 0 Å². The Morgan fingerprint density at radius 2 is 1.52 bits per heavy atom. The molecular formula is C27H25FN2O3. The number of halogens is 1. The largest absolute Gasteiger partial charge is 0.491 e. The summed E-state index contributed by atoms with van der Waals surface area (Å²) < 4.78 is 19.0. The number of rotatable bonds is 7. The fraction of sp³-hybridized carbons (Fsp3) is 0.185. The maximum absolute atomic E-state index is 13.4. The molecule has 0 radical (unpaired) electrons. The number of anilines is 1. The number of imide groups is 1. The van der Waals surface area contributed by atoms with Crippen LogP contribution in [-0.2, 0) is 16.1 Å². The molecule has 6 heteroatoms.